The molecule has 1 aliphatic rings. The van der Waals surface area contributed by atoms with Gasteiger partial charge in [-0.25, -0.2) is 4.39 Å². The highest BCUT2D eigenvalue weighted by Crippen LogP contribution is 2.34. The van der Waals surface area contributed by atoms with Gasteiger partial charge in [-0.3, -0.25) is 0 Å². The molecule has 0 radical (unpaired) electrons. The maximum Gasteiger partial charge on any atom is 0.165 e. The normalized spacial score (nSPS) is 18.0. The predicted octanol–water partition coefficient (Wildman–Crippen LogP) is 9.34. The Hall–Kier alpha value is -1.97. The maximum absolute atomic E-state index is 14.5. The van der Waals surface area contributed by atoms with E-state index in [4.69, 9.17) is 4.74 Å². The van der Waals surface area contributed by atoms with Crippen molar-refractivity contribution in [3.05, 3.63) is 41.8 Å². The first-order valence-corrected chi connectivity index (χ1v) is 14.4. The summed E-state index contributed by atoms with van der Waals surface area (Å²) in [6.07, 6.45) is 20.5. The third-order valence-corrected chi connectivity index (χ3v) is 7.69. The minimum absolute atomic E-state index is 0.324. The Morgan fingerprint density at radius 3 is 2.11 bits per heavy atom. The lowest BCUT2D eigenvalue weighted by Crippen LogP contribution is -2.15. The van der Waals surface area contributed by atoms with Crippen molar-refractivity contribution in [1.29, 1.82) is 0 Å². The summed E-state index contributed by atoms with van der Waals surface area (Å²) < 4.78 is 20.2. The molecule has 0 aliphatic heterocycles. The van der Waals surface area contributed by atoms with Gasteiger partial charge in [0.2, 0.25) is 0 Å². The zero-order valence-corrected chi connectivity index (χ0v) is 22.2. The molecule has 0 atom stereocenters. The number of ether oxygens (including phenoxy) is 1. The van der Waals surface area contributed by atoms with E-state index in [0.29, 0.717) is 18.1 Å². The fourth-order valence-electron chi connectivity index (χ4n) is 5.33. The average molecular weight is 483 g/mol. The largest absolute Gasteiger partial charge is 0.491 e. The molecule has 0 bridgehead atoms. The van der Waals surface area contributed by atoms with Crippen LogP contribution >= 0.6 is 0 Å². The smallest absolute Gasteiger partial charge is 0.165 e. The van der Waals surface area contributed by atoms with E-state index in [1.165, 1.54) is 89.5 Å². The topological polar surface area (TPSA) is 35.0 Å². The average Bonchev–Trinajstić information content (AvgIpc) is 2.89. The molecule has 1 saturated carbocycles. The maximum atomic E-state index is 14.5. The Kier molecular flexibility index (Phi) is 12.6. The molecule has 1 aliphatic carbocycles. The molecular weight excluding hydrogens is 435 g/mol. The van der Waals surface area contributed by atoms with E-state index in [-0.39, 0.29) is 5.82 Å². The Balaban J connectivity index is 1.38. The lowest BCUT2D eigenvalue weighted by atomic mass is 9.78. The second-order valence-corrected chi connectivity index (χ2v) is 10.6. The van der Waals surface area contributed by atoms with Crippen molar-refractivity contribution >= 4 is 0 Å². The summed E-state index contributed by atoms with van der Waals surface area (Å²) >= 11 is 0. The van der Waals surface area contributed by atoms with Gasteiger partial charge in [-0.05, 0) is 61.4 Å². The molecule has 0 spiro atoms. The summed E-state index contributed by atoms with van der Waals surface area (Å²) in [7, 11) is 0. The lowest BCUT2D eigenvalue weighted by molar-refractivity contribution is 0.248. The Bertz CT molecular complexity index is 830. The van der Waals surface area contributed by atoms with Crippen molar-refractivity contribution < 1.29 is 9.13 Å². The van der Waals surface area contributed by atoms with E-state index >= 15 is 0 Å². The van der Waals surface area contributed by atoms with Crippen LogP contribution in [0.3, 0.4) is 0 Å². The van der Waals surface area contributed by atoms with Crippen LogP contribution in [-0.2, 0) is 6.42 Å². The van der Waals surface area contributed by atoms with Crippen molar-refractivity contribution in [2.24, 2.45) is 11.8 Å². The lowest BCUT2D eigenvalue weighted by Gasteiger charge is -2.28. The van der Waals surface area contributed by atoms with Gasteiger partial charge in [-0.2, -0.15) is 10.2 Å². The van der Waals surface area contributed by atoms with Gasteiger partial charge in [-0.15, -0.1) is 0 Å². The molecule has 1 fully saturated rings. The number of aromatic nitrogens is 2. The van der Waals surface area contributed by atoms with E-state index < -0.39 is 0 Å². The highest BCUT2D eigenvalue weighted by molar-refractivity contribution is 5.59. The first-order chi connectivity index (χ1) is 17.2. The summed E-state index contributed by atoms with van der Waals surface area (Å²) in [5.41, 5.74) is 2.50. The van der Waals surface area contributed by atoms with Gasteiger partial charge in [0.1, 0.15) is 0 Å². The third-order valence-electron chi connectivity index (χ3n) is 7.69. The minimum atomic E-state index is -0.331. The van der Waals surface area contributed by atoms with E-state index in [0.717, 1.165) is 42.4 Å². The van der Waals surface area contributed by atoms with E-state index in [9.17, 15) is 4.39 Å². The molecule has 4 heteroatoms. The quantitative estimate of drug-likeness (QED) is 0.224. The van der Waals surface area contributed by atoms with Crippen LogP contribution in [0.4, 0.5) is 4.39 Å². The monoisotopic (exact) mass is 482 g/mol. The molecule has 3 nitrogen and oxygen atoms in total. The Labute approximate surface area is 213 Å². The third kappa shape index (κ3) is 9.89. The highest BCUT2D eigenvalue weighted by atomic mass is 19.1. The number of rotatable bonds is 16. The first kappa shape index (κ1) is 27.6. The van der Waals surface area contributed by atoms with Crippen molar-refractivity contribution in [3.63, 3.8) is 0 Å². The molecular formula is C31H47FN2O. The molecule has 1 heterocycles. The van der Waals surface area contributed by atoms with Crippen molar-refractivity contribution in [3.8, 4) is 17.0 Å². The van der Waals surface area contributed by atoms with E-state index in [1.807, 2.05) is 12.1 Å². The van der Waals surface area contributed by atoms with Crippen LogP contribution in [0, 0.1) is 17.7 Å². The highest BCUT2D eigenvalue weighted by Gasteiger charge is 2.21. The minimum Gasteiger partial charge on any atom is -0.491 e. The van der Waals surface area contributed by atoms with Gasteiger partial charge < -0.3 is 4.74 Å². The van der Waals surface area contributed by atoms with Crippen molar-refractivity contribution in [2.45, 2.75) is 117 Å². The van der Waals surface area contributed by atoms with Gasteiger partial charge >= 0.3 is 0 Å². The molecule has 1 aromatic heterocycles. The number of hydrogen-bond acceptors (Lipinski definition) is 3. The summed E-state index contributed by atoms with van der Waals surface area (Å²) in [6.45, 7) is 5.05. The Morgan fingerprint density at radius 1 is 0.771 bits per heavy atom. The number of hydrogen-bond donors (Lipinski definition) is 0. The van der Waals surface area contributed by atoms with Crippen LogP contribution in [0.1, 0.15) is 116 Å². The van der Waals surface area contributed by atoms with Crippen LogP contribution in [0.15, 0.2) is 30.3 Å². The van der Waals surface area contributed by atoms with E-state index in [2.05, 4.69) is 30.1 Å². The van der Waals surface area contributed by atoms with Crippen LogP contribution < -0.4 is 4.74 Å². The first-order valence-electron chi connectivity index (χ1n) is 14.4. The number of halogens is 1. The fourth-order valence-corrected chi connectivity index (χ4v) is 5.33. The summed E-state index contributed by atoms with van der Waals surface area (Å²) in [6, 6.07) is 9.13. The zero-order valence-electron chi connectivity index (χ0n) is 22.2. The summed E-state index contributed by atoms with van der Waals surface area (Å²) in [5, 5.41) is 8.84. The van der Waals surface area contributed by atoms with Crippen LogP contribution in [-0.4, -0.2) is 16.8 Å². The van der Waals surface area contributed by atoms with Crippen LogP contribution in [0.2, 0.25) is 0 Å². The zero-order chi connectivity index (χ0) is 24.7. The molecule has 0 amide bonds. The number of aryl methyl sites for hydroxylation is 1. The molecule has 1 aromatic carbocycles. The summed E-state index contributed by atoms with van der Waals surface area (Å²) in [5.74, 6) is 1.79. The van der Waals surface area contributed by atoms with Gasteiger partial charge in [0.05, 0.1) is 18.0 Å². The van der Waals surface area contributed by atoms with Crippen LogP contribution in [0.25, 0.3) is 11.3 Å². The molecule has 3 rings (SSSR count). The second-order valence-electron chi connectivity index (χ2n) is 10.6. The molecule has 0 N–H and O–H groups in total. The van der Waals surface area contributed by atoms with Gasteiger partial charge in [0.15, 0.2) is 11.6 Å². The number of nitrogens with zero attached hydrogens (tertiary/aromatic N) is 2. The molecule has 0 saturated heterocycles. The van der Waals surface area contributed by atoms with E-state index in [1.54, 1.807) is 6.07 Å². The SMILES string of the molecule is CCCCCCCOc1ccc(-c2ccc(CCC3CCC(CCCCCC)CC3)nn2)cc1F. The number of unbranched alkanes of at least 4 members (excludes halogenated alkanes) is 7. The second kappa shape index (κ2) is 15.9. The van der Waals surface area contributed by atoms with Gasteiger partial charge in [0.25, 0.3) is 0 Å². The number of benzene rings is 1. The van der Waals surface area contributed by atoms with Gasteiger partial charge in [0, 0.05) is 5.56 Å². The Morgan fingerprint density at radius 2 is 1.46 bits per heavy atom. The molecule has 2 aromatic rings. The van der Waals surface area contributed by atoms with Crippen molar-refractivity contribution in [2.75, 3.05) is 6.61 Å². The van der Waals surface area contributed by atoms with Crippen molar-refractivity contribution in [1.82, 2.24) is 10.2 Å². The van der Waals surface area contributed by atoms with Gasteiger partial charge in [-0.1, -0.05) is 97.3 Å². The molecule has 0 unspecified atom stereocenters. The molecule has 194 valence electrons. The molecule has 35 heavy (non-hydrogen) atoms. The fraction of sp³-hybridized carbons (Fsp3) is 0.677. The van der Waals surface area contributed by atoms with Crippen LogP contribution in [0.5, 0.6) is 5.75 Å². The standard InChI is InChI=1S/C31H47FN2O/c1-3-5-7-9-11-23-35-31-22-18-27(24-29(31)32)30-21-20-28(33-34-30)19-17-26-15-13-25(14-16-26)12-10-8-6-4-2/h18,20-22,24-26H,3-17,19,23H2,1-2H3. The predicted molar refractivity (Wildman–Crippen MR) is 144 cm³/mol. The summed E-state index contributed by atoms with van der Waals surface area (Å²) in [4.78, 5) is 0.